The monoisotopic (exact) mass is 375 g/mol. The Hall–Kier alpha value is -1.80. The Morgan fingerprint density at radius 1 is 1.30 bits per heavy atom. The highest BCUT2D eigenvalue weighted by atomic mass is 79.9. The van der Waals surface area contributed by atoms with E-state index in [-0.39, 0.29) is 5.49 Å². The fourth-order valence-electron chi connectivity index (χ4n) is 3.60. The predicted molar refractivity (Wildman–Crippen MR) is 92.1 cm³/mol. The second kappa shape index (κ2) is 5.68. The van der Waals surface area contributed by atoms with Crippen LogP contribution in [-0.4, -0.2) is 58.0 Å². The lowest BCUT2D eigenvalue weighted by molar-refractivity contribution is 0.230. The predicted octanol–water partition coefficient (Wildman–Crippen LogP) is 1.41. The van der Waals surface area contributed by atoms with Gasteiger partial charge in [-0.1, -0.05) is 0 Å². The molecule has 7 nitrogen and oxygen atoms in total. The van der Waals surface area contributed by atoms with E-state index >= 15 is 0 Å². The summed E-state index contributed by atoms with van der Waals surface area (Å²) in [6.07, 6.45) is 5.34. The smallest absolute Gasteiger partial charge is 0.178 e. The second-order valence-electron chi connectivity index (χ2n) is 6.06. The molecule has 2 aromatic heterocycles. The molecule has 2 N–H and O–H groups in total. The molecule has 8 heteroatoms. The lowest BCUT2D eigenvalue weighted by Gasteiger charge is -2.38. The molecule has 2 aromatic rings. The van der Waals surface area contributed by atoms with E-state index in [0.29, 0.717) is 23.0 Å². The minimum atomic E-state index is 0.249. The molecule has 0 radical (unpaired) electrons. The number of anilines is 1. The van der Waals surface area contributed by atoms with Crippen LogP contribution >= 0.6 is 15.9 Å². The number of rotatable bonds is 2. The Morgan fingerprint density at radius 2 is 2.17 bits per heavy atom. The van der Waals surface area contributed by atoms with Gasteiger partial charge in [0.15, 0.2) is 17.0 Å². The Bertz CT molecular complexity index is 830. The molecule has 120 valence electrons. The summed E-state index contributed by atoms with van der Waals surface area (Å²) < 4.78 is 2.35. The average Bonchev–Trinajstić information content (AvgIpc) is 3.02. The Balaban J connectivity index is 1.81. The van der Waals surface area contributed by atoms with E-state index in [4.69, 9.17) is 10.8 Å². The maximum atomic E-state index is 8.48. The van der Waals surface area contributed by atoms with Crippen molar-refractivity contribution in [1.29, 1.82) is 10.8 Å². The normalized spacial score (nSPS) is 21.6. The fraction of sp³-hybridized carbons (Fsp3) is 0.467. The standard InChI is InChI=1S/C15H18BrN7/c16-10-6-12-14(19-7-10)20-15(13(18)23(12)9-17)22-5-4-21-3-1-2-11(21)8-22/h6-7,9,11,17-18H,1-5,8H2. The zero-order chi connectivity index (χ0) is 16.0. The van der Waals surface area contributed by atoms with Crippen molar-refractivity contribution in [3.63, 3.8) is 0 Å². The summed E-state index contributed by atoms with van der Waals surface area (Å²) in [6.45, 7) is 3.98. The molecule has 0 spiro atoms. The summed E-state index contributed by atoms with van der Waals surface area (Å²) in [7, 11) is 0. The van der Waals surface area contributed by atoms with Crippen LogP contribution in [0.1, 0.15) is 12.8 Å². The topological polar surface area (TPSA) is 84.9 Å². The Labute approximate surface area is 142 Å². The van der Waals surface area contributed by atoms with Gasteiger partial charge in [0.2, 0.25) is 0 Å². The molecule has 4 heterocycles. The van der Waals surface area contributed by atoms with Crippen LogP contribution in [0.3, 0.4) is 0 Å². The van der Waals surface area contributed by atoms with Gasteiger partial charge in [0.05, 0.1) is 11.9 Å². The van der Waals surface area contributed by atoms with Crippen molar-refractivity contribution in [2.75, 3.05) is 31.1 Å². The van der Waals surface area contributed by atoms with Crippen molar-refractivity contribution in [2.45, 2.75) is 18.9 Å². The fourth-order valence-corrected chi connectivity index (χ4v) is 3.92. The number of pyridine rings is 1. The molecule has 1 atom stereocenters. The van der Waals surface area contributed by atoms with E-state index in [9.17, 15) is 0 Å². The molecule has 2 saturated heterocycles. The third-order valence-corrected chi connectivity index (χ3v) is 5.19. The highest BCUT2D eigenvalue weighted by molar-refractivity contribution is 9.10. The largest absolute Gasteiger partial charge is 0.351 e. The maximum Gasteiger partial charge on any atom is 0.178 e. The summed E-state index contributed by atoms with van der Waals surface area (Å²) >= 11 is 3.39. The second-order valence-corrected chi connectivity index (χ2v) is 6.97. The van der Waals surface area contributed by atoms with Crippen LogP contribution in [0.4, 0.5) is 5.82 Å². The average molecular weight is 376 g/mol. The van der Waals surface area contributed by atoms with Gasteiger partial charge >= 0.3 is 0 Å². The first-order valence-corrected chi connectivity index (χ1v) is 8.58. The number of hydrogen-bond acceptors (Lipinski definition) is 6. The van der Waals surface area contributed by atoms with Crippen molar-refractivity contribution in [3.8, 4) is 0 Å². The molecule has 0 aromatic carbocycles. The molecule has 1 unspecified atom stereocenters. The van der Waals surface area contributed by atoms with Gasteiger partial charge in [-0.25, -0.2) is 9.97 Å². The first-order chi connectivity index (χ1) is 11.2. The maximum absolute atomic E-state index is 8.48. The summed E-state index contributed by atoms with van der Waals surface area (Å²) in [5.41, 5.74) is 1.48. The molecule has 0 saturated carbocycles. The van der Waals surface area contributed by atoms with Crippen molar-refractivity contribution in [1.82, 2.24) is 19.4 Å². The quantitative estimate of drug-likeness (QED) is 0.613. The highest BCUT2D eigenvalue weighted by Crippen LogP contribution is 2.24. The van der Waals surface area contributed by atoms with Gasteiger partial charge in [-0.2, -0.15) is 0 Å². The summed E-state index contributed by atoms with van der Waals surface area (Å²) in [4.78, 5) is 13.7. The number of hydrogen-bond donors (Lipinski definition) is 2. The Morgan fingerprint density at radius 3 is 3.00 bits per heavy atom. The van der Waals surface area contributed by atoms with Crippen molar-refractivity contribution in [3.05, 3.63) is 22.2 Å². The van der Waals surface area contributed by atoms with E-state index < -0.39 is 0 Å². The van der Waals surface area contributed by atoms with Gasteiger partial charge < -0.3 is 4.90 Å². The Kier molecular flexibility index (Phi) is 3.65. The third kappa shape index (κ3) is 2.46. The summed E-state index contributed by atoms with van der Waals surface area (Å²) in [6, 6.07) is 2.41. The van der Waals surface area contributed by atoms with Crippen LogP contribution in [0, 0.1) is 10.8 Å². The molecule has 23 heavy (non-hydrogen) atoms. The van der Waals surface area contributed by atoms with E-state index in [1.54, 1.807) is 6.20 Å². The molecule has 0 amide bonds. The minimum Gasteiger partial charge on any atom is -0.351 e. The van der Waals surface area contributed by atoms with Gasteiger partial charge in [0.1, 0.15) is 0 Å². The van der Waals surface area contributed by atoms with Gasteiger partial charge in [-0.05, 0) is 41.4 Å². The number of halogens is 1. The minimum absolute atomic E-state index is 0.249. The lowest BCUT2D eigenvalue weighted by Crippen LogP contribution is -2.52. The van der Waals surface area contributed by atoms with Crippen LogP contribution in [0.15, 0.2) is 16.7 Å². The van der Waals surface area contributed by atoms with E-state index in [1.807, 2.05) is 6.07 Å². The number of nitrogens with zero attached hydrogens (tertiary/aromatic N) is 5. The van der Waals surface area contributed by atoms with Crippen molar-refractivity contribution in [2.24, 2.45) is 0 Å². The number of piperazine rings is 1. The van der Waals surface area contributed by atoms with Crippen molar-refractivity contribution >= 4 is 39.3 Å². The number of aromatic nitrogens is 3. The third-order valence-electron chi connectivity index (χ3n) is 4.75. The number of nitrogens with one attached hydrogen (secondary N) is 2. The van der Waals surface area contributed by atoms with E-state index in [1.165, 1.54) is 24.0 Å². The molecule has 0 bridgehead atoms. The first kappa shape index (κ1) is 14.8. The van der Waals surface area contributed by atoms with Crippen LogP contribution in [0.5, 0.6) is 0 Å². The molecule has 2 fully saturated rings. The molecular weight excluding hydrogens is 358 g/mol. The molecule has 0 aliphatic carbocycles. The van der Waals surface area contributed by atoms with Gasteiger partial charge in [0, 0.05) is 36.3 Å². The molecule has 2 aliphatic heterocycles. The zero-order valence-electron chi connectivity index (χ0n) is 12.7. The van der Waals surface area contributed by atoms with Crippen LogP contribution in [-0.2, 0) is 0 Å². The van der Waals surface area contributed by atoms with Gasteiger partial charge in [-0.15, -0.1) is 0 Å². The lowest BCUT2D eigenvalue weighted by atomic mass is 10.1. The number of fused-ring (bicyclic) bond motifs is 2. The summed E-state index contributed by atoms with van der Waals surface area (Å²) in [5, 5.41) is 16.2. The summed E-state index contributed by atoms with van der Waals surface area (Å²) in [5.74, 6) is 0.627. The molecule has 4 rings (SSSR count). The molecule has 2 aliphatic rings. The van der Waals surface area contributed by atoms with Crippen LogP contribution in [0.25, 0.3) is 11.2 Å². The van der Waals surface area contributed by atoms with E-state index in [2.05, 4.69) is 35.7 Å². The van der Waals surface area contributed by atoms with E-state index in [0.717, 1.165) is 30.4 Å². The SMILES string of the molecule is N=Cn1c(=N)c(N2CCN3CCCC3C2)nc2ncc(Br)cc21. The van der Waals surface area contributed by atoms with Gasteiger partial charge in [-0.3, -0.25) is 20.3 Å². The van der Waals surface area contributed by atoms with Crippen molar-refractivity contribution < 1.29 is 0 Å². The van der Waals surface area contributed by atoms with Gasteiger partial charge in [0.25, 0.3) is 0 Å². The van der Waals surface area contributed by atoms with Crippen LogP contribution in [0.2, 0.25) is 0 Å². The highest BCUT2D eigenvalue weighted by Gasteiger charge is 2.31. The zero-order valence-corrected chi connectivity index (χ0v) is 14.3. The van der Waals surface area contributed by atoms with Crippen LogP contribution < -0.4 is 10.4 Å². The first-order valence-electron chi connectivity index (χ1n) is 7.79. The molecular formula is C15H18BrN7.